The molecule has 0 saturated heterocycles. The molecule has 354 valence electrons. The lowest BCUT2D eigenvalue weighted by atomic mass is 9.94. The van der Waals surface area contributed by atoms with Gasteiger partial charge in [-0.05, 0) is 37.9 Å². The first kappa shape index (κ1) is 54.4. The molecule has 2 aromatic rings. The number of hydrogen-bond donors (Lipinski definition) is 6. The van der Waals surface area contributed by atoms with Gasteiger partial charge in [0.15, 0.2) is 0 Å². The third kappa shape index (κ3) is 19.7. The molecule has 1 unspecified atom stereocenters. The number of primary amides is 1. The molecule has 4 amide bonds. The molecule has 63 heavy (non-hydrogen) atoms. The van der Waals surface area contributed by atoms with Crippen LogP contribution in [0, 0.1) is 10.8 Å². The van der Waals surface area contributed by atoms with Crippen LogP contribution in [-0.2, 0) is 44.6 Å². The quantitative estimate of drug-likeness (QED) is 0.0401. The SMILES string of the molecule is CC.CNC(CCCCNC(=O)OCCN(N)/C1=C(\N)c2ccccc2CN(C(=O)CCNC(=O)CCOCC(C)(C)COCC(C)(C)COCCOC)c2ccccc21)C(N)=O. The Hall–Kier alpha value is -4.78. The number of para-hydroxylation sites is 1. The van der Waals surface area contributed by atoms with Crippen LogP contribution in [0.4, 0.5) is 10.5 Å². The maximum absolute atomic E-state index is 14.0. The maximum atomic E-state index is 14.0. The molecule has 1 aliphatic rings. The van der Waals surface area contributed by atoms with Crippen molar-refractivity contribution in [2.24, 2.45) is 28.1 Å². The van der Waals surface area contributed by atoms with Gasteiger partial charge in [0, 0.05) is 55.0 Å². The van der Waals surface area contributed by atoms with Gasteiger partial charge in [-0.15, -0.1) is 0 Å². The summed E-state index contributed by atoms with van der Waals surface area (Å²) in [6.45, 7) is 16.4. The van der Waals surface area contributed by atoms with Crippen LogP contribution in [0.15, 0.2) is 48.5 Å². The fourth-order valence-corrected chi connectivity index (χ4v) is 6.61. The highest BCUT2D eigenvalue weighted by molar-refractivity contribution is 6.01. The van der Waals surface area contributed by atoms with E-state index in [-0.39, 0.29) is 68.3 Å². The van der Waals surface area contributed by atoms with Gasteiger partial charge in [0.05, 0.1) is 82.5 Å². The van der Waals surface area contributed by atoms with Crippen molar-refractivity contribution in [2.75, 3.05) is 91.5 Å². The van der Waals surface area contributed by atoms with Crippen molar-refractivity contribution in [3.8, 4) is 0 Å². The minimum absolute atomic E-state index is 0.0446. The number of anilines is 1. The third-order valence-corrected chi connectivity index (χ3v) is 9.91. The van der Waals surface area contributed by atoms with E-state index in [9.17, 15) is 19.2 Å². The van der Waals surface area contributed by atoms with Crippen LogP contribution in [0.25, 0.3) is 11.4 Å². The van der Waals surface area contributed by atoms with Gasteiger partial charge in [-0.25, -0.2) is 10.6 Å². The Labute approximate surface area is 375 Å². The van der Waals surface area contributed by atoms with E-state index in [0.717, 1.165) is 5.56 Å². The number of benzene rings is 2. The molecular formula is C46H76N8O9. The monoisotopic (exact) mass is 885 g/mol. The first-order valence-electron chi connectivity index (χ1n) is 21.9. The van der Waals surface area contributed by atoms with Crippen LogP contribution in [0.2, 0.25) is 0 Å². The molecule has 0 spiro atoms. The van der Waals surface area contributed by atoms with Crippen LogP contribution in [-0.4, -0.2) is 122 Å². The number of unbranched alkanes of at least 4 members (excludes halogenated alkanes) is 1. The number of nitrogens with one attached hydrogen (secondary N) is 3. The molecule has 1 aliphatic heterocycles. The molecule has 0 aliphatic carbocycles. The molecule has 0 aromatic heterocycles. The van der Waals surface area contributed by atoms with Gasteiger partial charge in [-0.2, -0.15) is 0 Å². The minimum Gasteiger partial charge on any atom is -0.448 e. The van der Waals surface area contributed by atoms with E-state index in [2.05, 4.69) is 43.6 Å². The first-order chi connectivity index (χ1) is 30.1. The summed E-state index contributed by atoms with van der Waals surface area (Å²) in [5.41, 5.74) is 15.4. The number of carbonyl (C=O) groups excluding carboxylic acids is 4. The van der Waals surface area contributed by atoms with Crippen LogP contribution >= 0.6 is 0 Å². The van der Waals surface area contributed by atoms with Crippen molar-refractivity contribution in [1.29, 1.82) is 0 Å². The van der Waals surface area contributed by atoms with Gasteiger partial charge in [-0.1, -0.05) is 84.0 Å². The van der Waals surface area contributed by atoms with Crippen molar-refractivity contribution >= 4 is 40.9 Å². The lowest BCUT2D eigenvalue weighted by Gasteiger charge is -2.33. The van der Waals surface area contributed by atoms with E-state index in [0.29, 0.717) is 93.7 Å². The van der Waals surface area contributed by atoms with Gasteiger partial charge in [0.2, 0.25) is 17.7 Å². The highest BCUT2D eigenvalue weighted by Gasteiger charge is 2.28. The molecule has 0 saturated carbocycles. The van der Waals surface area contributed by atoms with Crippen molar-refractivity contribution in [1.82, 2.24) is 21.0 Å². The smallest absolute Gasteiger partial charge is 0.407 e. The highest BCUT2D eigenvalue weighted by Crippen LogP contribution is 2.37. The number of fused-ring (bicyclic) bond motifs is 2. The Morgan fingerprint density at radius 1 is 0.794 bits per heavy atom. The fourth-order valence-electron chi connectivity index (χ4n) is 6.61. The van der Waals surface area contributed by atoms with Gasteiger partial charge in [-0.3, -0.25) is 14.4 Å². The summed E-state index contributed by atoms with van der Waals surface area (Å²) in [5, 5.41) is 9.86. The number of ether oxygens (including phenoxy) is 5. The van der Waals surface area contributed by atoms with Crippen molar-refractivity contribution < 1.29 is 42.9 Å². The Balaban J connectivity index is 0.00000672. The second-order valence-electron chi connectivity index (χ2n) is 16.7. The number of nitrogens with two attached hydrogens (primary N) is 3. The average Bonchev–Trinajstić information content (AvgIpc) is 3.24. The van der Waals surface area contributed by atoms with Crippen LogP contribution in [0.1, 0.15) is 90.3 Å². The number of methoxy groups -OCH3 is 1. The molecule has 1 heterocycles. The second kappa shape index (κ2) is 28.8. The van der Waals surface area contributed by atoms with Crippen LogP contribution < -0.4 is 38.2 Å². The summed E-state index contributed by atoms with van der Waals surface area (Å²) in [6, 6.07) is 14.4. The van der Waals surface area contributed by atoms with E-state index in [4.69, 9.17) is 41.0 Å². The number of carbonyl (C=O) groups is 4. The first-order valence-corrected chi connectivity index (χ1v) is 21.9. The molecular weight excluding hydrogens is 809 g/mol. The predicted octanol–water partition coefficient (Wildman–Crippen LogP) is 4.13. The molecule has 0 bridgehead atoms. The molecule has 3 rings (SSSR count). The van der Waals surface area contributed by atoms with Crippen molar-refractivity contribution in [3.05, 3.63) is 65.2 Å². The Morgan fingerprint density at radius 3 is 2.06 bits per heavy atom. The summed E-state index contributed by atoms with van der Waals surface area (Å²) in [7, 11) is 3.32. The molecule has 0 fully saturated rings. The predicted molar refractivity (Wildman–Crippen MR) is 247 cm³/mol. The lowest BCUT2D eigenvalue weighted by molar-refractivity contribution is -0.123. The summed E-state index contributed by atoms with van der Waals surface area (Å²) < 4.78 is 28.0. The number of hydrogen-bond acceptors (Lipinski definition) is 13. The zero-order valence-corrected chi connectivity index (χ0v) is 39.0. The average molecular weight is 885 g/mol. The maximum Gasteiger partial charge on any atom is 0.407 e. The van der Waals surface area contributed by atoms with E-state index in [1.54, 1.807) is 19.1 Å². The van der Waals surface area contributed by atoms with Crippen molar-refractivity contribution in [3.63, 3.8) is 0 Å². The van der Waals surface area contributed by atoms with E-state index >= 15 is 0 Å². The Morgan fingerprint density at radius 2 is 1.41 bits per heavy atom. The van der Waals surface area contributed by atoms with Crippen molar-refractivity contribution in [2.45, 2.75) is 86.2 Å². The molecule has 1 atom stereocenters. The lowest BCUT2D eigenvalue weighted by Crippen LogP contribution is -2.39. The van der Waals surface area contributed by atoms with Gasteiger partial charge < -0.3 is 61.0 Å². The zero-order valence-electron chi connectivity index (χ0n) is 39.0. The third-order valence-electron chi connectivity index (χ3n) is 9.91. The van der Waals surface area contributed by atoms with Crippen LogP contribution in [0.3, 0.4) is 0 Å². The largest absolute Gasteiger partial charge is 0.448 e. The Bertz CT molecular complexity index is 1740. The normalized spacial score (nSPS) is 14.2. The van der Waals surface area contributed by atoms with E-state index in [1.165, 1.54) is 5.01 Å². The summed E-state index contributed by atoms with van der Waals surface area (Å²) in [5.74, 6) is 5.82. The zero-order chi connectivity index (χ0) is 46.8. The second-order valence-corrected chi connectivity index (χ2v) is 16.7. The fraction of sp³-hybridized carbons (Fsp3) is 0.609. The number of amides is 4. The molecule has 17 nitrogen and oxygen atoms in total. The number of nitrogens with zero attached hydrogens (tertiary/aromatic N) is 2. The van der Waals surface area contributed by atoms with Gasteiger partial charge in [0.1, 0.15) is 6.61 Å². The summed E-state index contributed by atoms with van der Waals surface area (Å²) >= 11 is 0. The number of alkyl carbamates (subject to hydrolysis) is 1. The standard InChI is InChI=1S/C44H70N8O9.C2H6/c1-43(2,30-60-31-44(3,4)29-59-26-25-57-6)28-58-23-19-37(53)49-21-18-38(54)51-27-32-13-7-8-14-33(32)39(45)40(34-15-9-10-17-36(34)51)52(47)22-24-61-42(56)50-20-12-11-16-35(48-5)41(46)55;1-2/h7-10,13-15,17,35,48H,11-12,16,18-31,45,47H2,1-6H3,(H2,46,55)(H,49,53)(H,50,56);1-2H3/b40-39-;. The minimum atomic E-state index is -0.600. The number of rotatable bonds is 28. The van der Waals surface area contributed by atoms with Crippen LogP contribution in [0.5, 0.6) is 0 Å². The number of likely N-dealkylation sites (N-methyl/N-ethyl adjacent to an activating group) is 1. The van der Waals surface area contributed by atoms with Gasteiger partial charge >= 0.3 is 6.09 Å². The topological polar surface area (TPSA) is 235 Å². The summed E-state index contributed by atoms with van der Waals surface area (Å²) in [6.07, 6.45) is 1.49. The molecule has 0 radical (unpaired) electrons. The Kier molecular flexibility index (Phi) is 24.9. The van der Waals surface area contributed by atoms with E-state index < -0.39 is 18.0 Å². The highest BCUT2D eigenvalue weighted by atomic mass is 16.5. The summed E-state index contributed by atoms with van der Waals surface area (Å²) in [4.78, 5) is 52.2. The van der Waals surface area contributed by atoms with Gasteiger partial charge in [0.25, 0.3) is 0 Å². The molecule has 9 N–H and O–H groups in total. The molecule has 2 aromatic carbocycles. The van der Waals surface area contributed by atoms with E-state index in [1.807, 2.05) is 62.4 Å². The number of hydrazine groups is 1. The molecule has 17 heteroatoms.